The monoisotopic (exact) mass is 691 g/mol. The van der Waals surface area contributed by atoms with Gasteiger partial charge in [0.25, 0.3) is 0 Å². The van der Waals surface area contributed by atoms with E-state index in [-0.39, 0.29) is 58.4 Å². The summed E-state index contributed by atoms with van der Waals surface area (Å²) in [5, 5.41) is 15.2. The molecule has 0 unspecified atom stereocenters. The molecule has 1 saturated carbocycles. The number of amides is 2. The van der Waals surface area contributed by atoms with Gasteiger partial charge in [-0.3, -0.25) is 19.4 Å². The second-order valence-corrected chi connectivity index (χ2v) is 11.4. The van der Waals surface area contributed by atoms with Gasteiger partial charge in [0.15, 0.2) is 23.1 Å². The molecule has 1 fully saturated rings. The van der Waals surface area contributed by atoms with Gasteiger partial charge in [0.2, 0.25) is 11.8 Å². The number of fused-ring (bicyclic) bond motifs is 1. The molecular weight excluding hydrogens is 657 g/mol. The Kier molecular flexibility index (Phi) is 12.7. The number of pyridine rings is 1. The Bertz CT molecular complexity index is 1780. The predicted molar refractivity (Wildman–Crippen MR) is 179 cm³/mol. The van der Waals surface area contributed by atoms with Crippen molar-refractivity contribution in [1.82, 2.24) is 4.98 Å². The quantitative estimate of drug-likeness (QED) is 0.0665. The third-order valence-electron chi connectivity index (χ3n) is 7.64. The number of aromatic nitrogens is 1. The average molecular weight is 692 g/mol. The Morgan fingerprint density at radius 1 is 0.915 bits per heavy atom. The van der Waals surface area contributed by atoms with E-state index in [2.05, 4.69) is 15.6 Å². The number of hydrogen-bond acceptors (Lipinski definition) is 7. The number of nitrogens with one attached hydrogen (secondary N) is 2. The van der Waals surface area contributed by atoms with Crippen LogP contribution in [0.5, 0.6) is 23.0 Å². The number of aliphatic carboxylic acids is 1. The molecule has 4 aromatic rings. The summed E-state index contributed by atoms with van der Waals surface area (Å²) in [5.41, 5.74) is -0.0321. The summed E-state index contributed by atoms with van der Waals surface area (Å²) >= 11 is 5.99. The van der Waals surface area contributed by atoms with Gasteiger partial charge in [-0.05, 0) is 68.1 Å². The number of ether oxygens (including phenoxy) is 3. The number of hydrogen-bond donors (Lipinski definition) is 3. The summed E-state index contributed by atoms with van der Waals surface area (Å²) in [6.07, 6.45) is 5.46. The van der Waals surface area contributed by atoms with E-state index < -0.39 is 29.0 Å². The van der Waals surface area contributed by atoms with Crippen molar-refractivity contribution < 1.29 is 40.9 Å². The first-order valence-electron chi connectivity index (χ1n) is 14.9. The minimum absolute atomic E-state index is 0. The number of unbranched alkanes of at least 4 members (excludes halogenated alkanes) is 3. The van der Waals surface area contributed by atoms with Gasteiger partial charge < -0.3 is 32.8 Å². The number of methoxy groups -OCH3 is 1. The van der Waals surface area contributed by atoms with Gasteiger partial charge in [-0.15, -0.1) is 0 Å². The molecule has 2 amide bonds. The third kappa shape index (κ3) is 9.25. The Labute approximate surface area is 308 Å². The Morgan fingerprint density at radius 3 is 2.30 bits per heavy atom. The molecule has 3 aromatic carbocycles. The topological polar surface area (TPSA) is 136 Å². The van der Waals surface area contributed by atoms with Crippen LogP contribution in [0, 0.1) is 11.2 Å². The third-order valence-corrected chi connectivity index (χ3v) is 7.88. The largest absolute Gasteiger partial charge is 2.00 e. The minimum atomic E-state index is -1.24. The zero-order valence-electron chi connectivity index (χ0n) is 27.8. The summed E-state index contributed by atoms with van der Waals surface area (Å²) in [5.74, 6) is -1.29. The fraction of sp³-hybridized carbons (Fsp3) is 0.294. The number of halogens is 2. The maximum atomic E-state index is 15.2. The van der Waals surface area contributed by atoms with E-state index in [0.717, 1.165) is 25.3 Å². The zero-order valence-corrected chi connectivity index (χ0v) is 28.8. The van der Waals surface area contributed by atoms with Crippen LogP contribution in [0.1, 0.15) is 47.8 Å². The molecule has 0 radical (unpaired) electrons. The van der Waals surface area contributed by atoms with Crippen molar-refractivity contribution in [3.63, 3.8) is 0 Å². The Hall–Kier alpha value is -3.64. The molecule has 0 bridgehead atoms. The summed E-state index contributed by atoms with van der Waals surface area (Å²) in [4.78, 5) is 41.0. The Balaban J connectivity index is 0.00000278. The number of benzene rings is 3. The van der Waals surface area contributed by atoms with Crippen molar-refractivity contribution in [3.05, 3.63) is 77.7 Å². The standard InChI is InChI=1S/C34H33ClFN3O7.Ca.2H/c1-44-29-19-24-26(20-30(29)45-16-5-3-2-4-9-31(40)41)37-15-12-27(24)46-28-11-10-23(18-25(28)36)39-33(43)34(13-14-34)32(42)38-22-8-6-7-21(35)17-22;;;/h6-8,10-12,15,17-20H,2-5,9,13-14,16H2,1H3,(H,38,42)(H,39,43)(H,40,41);;;/q;+2;2*-1. The fourth-order valence-electron chi connectivity index (χ4n) is 4.93. The van der Waals surface area contributed by atoms with Crippen molar-refractivity contribution in [2.75, 3.05) is 24.4 Å². The molecule has 10 nitrogen and oxygen atoms in total. The van der Waals surface area contributed by atoms with E-state index >= 15 is 4.39 Å². The predicted octanol–water partition coefficient (Wildman–Crippen LogP) is 7.44. The molecule has 5 rings (SSSR count). The second kappa shape index (κ2) is 16.5. The number of nitrogens with zero attached hydrogens (tertiary/aromatic N) is 1. The number of carbonyl (C=O) groups is 3. The molecule has 0 aliphatic heterocycles. The average Bonchev–Trinajstić information content (AvgIpc) is 3.84. The van der Waals surface area contributed by atoms with Gasteiger partial charge >= 0.3 is 43.7 Å². The Morgan fingerprint density at radius 2 is 1.64 bits per heavy atom. The van der Waals surface area contributed by atoms with Crippen LogP contribution < -0.4 is 24.8 Å². The molecule has 244 valence electrons. The molecule has 0 saturated heterocycles. The number of rotatable bonds is 15. The van der Waals surface area contributed by atoms with Crippen molar-refractivity contribution in [2.45, 2.75) is 44.9 Å². The first-order valence-corrected chi connectivity index (χ1v) is 15.2. The van der Waals surface area contributed by atoms with Crippen molar-refractivity contribution in [2.24, 2.45) is 5.41 Å². The van der Waals surface area contributed by atoms with E-state index in [1.165, 1.54) is 25.4 Å². The van der Waals surface area contributed by atoms with Crippen LogP contribution in [-0.4, -0.2) is 79.3 Å². The van der Waals surface area contributed by atoms with E-state index in [0.29, 0.717) is 64.7 Å². The molecule has 47 heavy (non-hydrogen) atoms. The van der Waals surface area contributed by atoms with Crippen LogP contribution >= 0.6 is 11.6 Å². The fourth-order valence-corrected chi connectivity index (χ4v) is 5.12. The maximum absolute atomic E-state index is 15.2. The smallest absolute Gasteiger partial charge is 1.00 e. The number of carboxylic acids is 1. The SMILES string of the molecule is COc1cc2c(Oc3ccc(NC(=O)C4(C(=O)Nc5cccc(Cl)c5)CC4)cc3F)ccnc2cc1OCCCCCCC(=O)O.[Ca+2].[H-].[H-]. The molecule has 1 aromatic heterocycles. The van der Waals surface area contributed by atoms with Crippen LogP contribution in [0.2, 0.25) is 5.02 Å². The van der Waals surface area contributed by atoms with Crippen LogP contribution in [-0.2, 0) is 14.4 Å². The zero-order chi connectivity index (χ0) is 32.7. The van der Waals surface area contributed by atoms with E-state index in [4.69, 9.17) is 30.9 Å². The minimum Gasteiger partial charge on any atom is -1.00 e. The molecule has 1 aliphatic rings. The number of anilines is 2. The molecular formula is C34H35CaClFN3O7. The van der Waals surface area contributed by atoms with Crippen molar-refractivity contribution in [3.8, 4) is 23.0 Å². The number of carboxylic acid groups (broad SMARTS) is 1. The molecule has 1 aliphatic carbocycles. The van der Waals surface area contributed by atoms with Crippen LogP contribution in [0.15, 0.2) is 66.9 Å². The molecule has 0 spiro atoms. The van der Waals surface area contributed by atoms with Gasteiger partial charge in [0, 0.05) is 46.5 Å². The first-order chi connectivity index (χ1) is 22.2. The first kappa shape index (κ1) is 36.2. The maximum Gasteiger partial charge on any atom is 2.00 e. The molecule has 3 N–H and O–H groups in total. The summed E-state index contributed by atoms with van der Waals surface area (Å²) < 4.78 is 32.6. The van der Waals surface area contributed by atoms with E-state index in [1.807, 2.05) is 0 Å². The van der Waals surface area contributed by atoms with Gasteiger partial charge in [0.1, 0.15) is 11.2 Å². The summed E-state index contributed by atoms with van der Waals surface area (Å²) in [6.45, 7) is 0.424. The summed E-state index contributed by atoms with van der Waals surface area (Å²) in [7, 11) is 1.51. The van der Waals surface area contributed by atoms with E-state index in [9.17, 15) is 14.4 Å². The van der Waals surface area contributed by atoms with E-state index in [1.54, 1.807) is 42.5 Å². The van der Waals surface area contributed by atoms with Crippen LogP contribution in [0.25, 0.3) is 10.9 Å². The van der Waals surface area contributed by atoms with Gasteiger partial charge in [-0.2, -0.15) is 0 Å². The molecule has 1 heterocycles. The molecule has 13 heteroatoms. The van der Waals surface area contributed by atoms with Crippen molar-refractivity contribution >= 4 is 89.4 Å². The molecule has 0 atom stereocenters. The van der Waals surface area contributed by atoms with Crippen LogP contribution in [0.3, 0.4) is 0 Å². The second-order valence-electron chi connectivity index (χ2n) is 11.0. The normalized spacial score (nSPS) is 12.8. The van der Waals surface area contributed by atoms with Gasteiger partial charge in [0.05, 0.1) is 19.2 Å². The number of carbonyl (C=O) groups excluding carboxylic acids is 2. The van der Waals surface area contributed by atoms with Crippen molar-refractivity contribution in [1.29, 1.82) is 0 Å². The van der Waals surface area contributed by atoms with Gasteiger partial charge in [-0.1, -0.05) is 30.5 Å². The summed E-state index contributed by atoms with van der Waals surface area (Å²) in [6, 6.07) is 15.7. The van der Waals surface area contributed by atoms with Crippen LogP contribution in [0.4, 0.5) is 15.8 Å². The van der Waals surface area contributed by atoms with Gasteiger partial charge in [-0.25, -0.2) is 4.39 Å².